The summed E-state index contributed by atoms with van der Waals surface area (Å²) in [7, 11) is -12.6. The van der Waals surface area contributed by atoms with Gasteiger partial charge in [0, 0.05) is 22.6 Å². The van der Waals surface area contributed by atoms with Crippen LogP contribution in [0, 0.1) is 0 Å². The van der Waals surface area contributed by atoms with E-state index in [1.165, 1.54) is 18.2 Å². The molecule has 0 atom stereocenters. The highest BCUT2D eigenvalue weighted by atomic mass is 32.2. The average molecular weight is 715 g/mol. The molecule has 0 saturated carbocycles. The lowest BCUT2D eigenvalue weighted by Crippen LogP contribution is -2.06. The molecule has 4 aromatic rings. The highest BCUT2D eigenvalue weighted by Crippen LogP contribution is 2.29. The van der Waals surface area contributed by atoms with Crippen molar-refractivity contribution in [2.75, 3.05) is 28.3 Å². The van der Waals surface area contributed by atoms with Gasteiger partial charge in [0.05, 0.1) is 22.9 Å². The van der Waals surface area contributed by atoms with E-state index < -0.39 is 41.9 Å². The molecule has 0 aliphatic carbocycles. The molecular weight excluding hydrogens is 689 g/mol. The summed E-state index contributed by atoms with van der Waals surface area (Å²) >= 11 is 2.30. The van der Waals surface area contributed by atoms with E-state index in [-0.39, 0.29) is 34.0 Å². The maximum Gasteiger partial charge on any atom is 0.295 e. The average Bonchev–Trinajstić information content (AvgIpc) is 2.95. The van der Waals surface area contributed by atoms with Crippen LogP contribution in [0.2, 0.25) is 0 Å². The predicted octanol–water partition coefficient (Wildman–Crippen LogP) is 5.17. The zero-order valence-electron chi connectivity index (χ0n) is 23.1. The van der Waals surface area contributed by atoms with E-state index in [1.807, 2.05) is 0 Å². The summed E-state index contributed by atoms with van der Waals surface area (Å²) in [4.78, 5) is 12.8. The van der Waals surface area contributed by atoms with Crippen molar-refractivity contribution < 1.29 is 38.9 Å². The molecule has 0 aliphatic rings. The van der Waals surface area contributed by atoms with Crippen LogP contribution in [0.5, 0.6) is 0 Å². The number of thioether (sulfide) groups is 2. The minimum Gasteiger partial charge on any atom is -0.324 e. The van der Waals surface area contributed by atoms with E-state index in [0.717, 1.165) is 23.5 Å². The molecule has 3 aromatic carbocycles. The van der Waals surface area contributed by atoms with Crippen LogP contribution < -0.4 is 5.32 Å². The number of nitrogens with zero attached hydrogens (tertiary/aromatic N) is 5. The Morgan fingerprint density at radius 2 is 1.24 bits per heavy atom. The van der Waals surface area contributed by atoms with Crippen molar-refractivity contribution in [1.29, 1.82) is 0 Å². The van der Waals surface area contributed by atoms with Crippen molar-refractivity contribution >= 4 is 87.7 Å². The van der Waals surface area contributed by atoms with Crippen LogP contribution in [0.15, 0.2) is 86.1 Å². The quantitative estimate of drug-likeness (QED) is 0.0537. The van der Waals surface area contributed by atoms with Gasteiger partial charge in [-0.2, -0.15) is 50.4 Å². The fraction of sp³-hybridized carbons (Fsp3) is 0.240. The van der Waals surface area contributed by atoms with Gasteiger partial charge in [-0.3, -0.25) is 13.7 Å². The Labute approximate surface area is 267 Å². The summed E-state index contributed by atoms with van der Waals surface area (Å²) in [5, 5.41) is 12.9. The van der Waals surface area contributed by atoms with Crippen LogP contribution >= 0.6 is 23.5 Å². The maximum absolute atomic E-state index is 11.7. The summed E-state index contributed by atoms with van der Waals surface area (Å²) in [5.74, 6) is -0.0682. The van der Waals surface area contributed by atoms with Gasteiger partial charge in [-0.25, -0.2) is 0 Å². The zero-order chi connectivity index (χ0) is 32.7. The lowest BCUT2D eigenvalue weighted by atomic mass is 10.1. The molecule has 15 nitrogen and oxygen atoms in total. The molecule has 0 fully saturated rings. The highest BCUT2D eigenvalue weighted by molar-refractivity contribution is 7.99. The zero-order valence-corrected chi connectivity index (χ0v) is 27.2. The first-order valence-corrected chi connectivity index (χ1v) is 19.5. The Balaban J connectivity index is 1.47. The molecule has 20 heteroatoms. The third-order valence-corrected chi connectivity index (χ3v) is 10.0. The second-order valence-electron chi connectivity index (χ2n) is 9.21. The van der Waals surface area contributed by atoms with E-state index in [9.17, 15) is 29.8 Å². The van der Waals surface area contributed by atoms with Crippen molar-refractivity contribution in [3.63, 3.8) is 0 Å². The molecule has 4 rings (SSSR count). The number of rotatable bonds is 15. The van der Waals surface area contributed by atoms with Crippen LogP contribution in [-0.4, -0.2) is 76.9 Å². The topological polar surface area (TPSA) is 239 Å². The number of azo groups is 1. The van der Waals surface area contributed by atoms with Gasteiger partial charge in [-0.1, -0.05) is 41.7 Å². The first-order valence-electron chi connectivity index (χ1n) is 12.9. The number of hydrogen-bond donors (Lipinski definition) is 4. The molecule has 0 radical (unpaired) electrons. The van der Waals surface area contributed by atoms with Crippen molar-refractivity contribution in [2.24, 2.45) is 10.2 Å². The number of aromatic nitrogens is 3. The molecule has 1 heterocycles. The number of benzene rings is 3. The first-order chi connectivity index (χ1) is 21.1. The maximum atomic E-state index is 11.7. The molecule has 0 unspecified atom stereocenters. The van der Waals surface area contributed by atoms with Crippen LogP contribution in [0.25, 0.3) is 10.8 Å². The van der Waals surface area contributed by atoms with Crippen molar-refractivity contribution in [2.45, 2.75) is 28.0 Å². The fourth-order valence-electron chi connectivity index (χ4n) is 3.71. The van der Waals surface area contributed by atoms with Gasteiger partial charge in [0.1, 0.15) is 4.90 Å². The first kappa shape index (κ1) is 34.6. The summed E-state index contributed by atoms with van der Waals surface area (Å²) in [6.07, 6.45) is 0.317. The molecular formula is C25H26N6O9S5. The molecule has 4 N–H and O–H groups in total. The molecule has 240 valence electrons. The fourth-order valence-corrected chi connectivity index (χ4v) is 7.40. The predicted molar refractivity (Wildman–Crippen MR) is 171 cm³/mol. The van der Waals surface area contributed by atoms with Gasteiger partial charge in [0.2, 0.25) is 5.95 Å². The Kier molecular flexibility index (Phi) is 11.5. The van der Waals surface area contributed by atoms with Gasteiger partial charge in [-0.15, -0.1) is 0 Å². The monoisotopic (exact) mass is 714 g/mol. The number of nitrogens with one attached hydrogen (secondary N) is 1. The minimum absolute atomic E-state index is 0.158. The Morgan fingerprint density at radius 3 is 1.80 bits per heavy atom. The van der Waals surface area contributed by atoms with Crippen LogP contribution in [0.1, 0.15) is 12.8 Å². The van der Waals surface area contributed by atoms with Gasteiger partial charge in [-0.05, 0) is 60.7 Å². The standard InChI is InChI=1S/C25H26N6O9S5/c32-43(33,34)14-2-12-41-24-27-23(28-25(29-24)42-13-3-15-44(35,36)37)26-18-8-10-19(11-9-18)30-31-20-7-6-17-4-1-5-22(21(17)16-20)45(38,39)40/h1,4-11,16H,2-3,12-15H2,(H,32,33,34)(H,35,36,37)(H,38,39,40)(H,26,27,28,29). The van der Waals surface area contributed by atoms with E-state index >= 15 is 0 Å². The van der Waals surface area contributed by atoms with Crippen LogP contribution in [-0.2, 0) is 30.4 Å². The second kappa shape index (κ2) is 14.9. The Morgan fingerprint density at radius 1 is 0.689 bits per heavy atom. The largest absolute Gasteiger partial charge is 0.324 e. The van der Waals surface area contributed by atoms with E-state index in [0.29, 0.717) is 39.3 Å². The summed E-state index contributed by atoms with van der Waals surface area (Å²) in [6, 6.07) is 16.1. The van der Waals surface area contributed by atoms with Crippen LogP contribution in [0.3, 0.4) is 0 Å². The highest BCUT2D eigenvalue weighted by Gasteiger charge is 2.14. The molecule has 0 bridgehead atoms. The van der Waals surface area contributed by atoms with Gasteiger partial charge >= 0.3 is 0 Å². The van der Waals surface area contributed by atoms with Crippen molar-refractivity contribution in [3.05, 3.63) is 60.7 Å². The number of fused-ring (bicyclic) bond motifs is 1. The number of hydrogen-bond acceptors (Lipinski definition) is 14. The smallest absolute Gasteiger partial charge is 0.295 e. The van der Waals surface area contributed by atoms with Crippen LogP contribution in [0.4, 0.5) is 23.0 Å². The molecule has 0 aliphatic heterocycles. The summed E-state index contributed by atoms with van der Waals surface area (Å²) in [5.41, 5.74) is 1.42. The minimum atomic E-state index is -4.43. The van der Waals surface area contributed by atoms with E-state index in [4.69, 9.17) is 9.11 Å². The number of anilines is 2. The second-order valence-corrected chi connectivity index (χ2v) is 15.9. The normalized spacial score (nSPS) is 12.6. The Bertz CT molecular complexity index is 1970. The molecule has 0 spiro atoms. The summed E-state index contributed by atoms with van der Waals surface area (Å²) in [6.45, 7) is 0. The van der Waals surface area contributed by atoms with E-state index in [1.54, 1.807) is 42.5 Å². The lowest BCUT2D eigenvalue weighted by Gasteiger charge is -2.09. The van der Waals surface area contributed by atoms with E-state index in [2.05, 4.69) is 30.5 Å². The lowest BCUT2D eigenvalue weighted by molar-refractivity contribution is 0.480. The SMILES string of the molecule is O=S(=O)(O)CCCSc1nc(Nc2ccc(N=Nc3ccc4cccc(S(=O)(=O)O)c4c3)cc2)nc(SCCCS(=O)(=O)O)n1. The molecule has 0 saturated heterocycles. The Hall–Kier alpha value is -3.24. The third-order valence-electron chi connectivity index (χ3n) is 5.66. The molecule has 1 aromatic heterocycles. The third kappa shape index (κ3) is 11.6. The molecule has 0 amide bonds. The van der Waals surface area contributed by atoms with Gasteiger partial charge in [0.25, 0.3) is 30.4 Å². The summed E-state index contributed by atoms with van der Waals surface area (Å²) < 4.78 is 94.9. The van der Waals surface area contributed by atoms with Crippen molar-refractivity contribution in [3.8, 4) is 0 Å². The molecule has 45 heavy (non-hydrogen) atoms. The van der Waals surface area contributed by atoms with Crippen molar-refractivity contribution in [1.82, 2.24) is 15.0 Å². The van der Waals surface area contributed by atoms with Gasteiger partial charge in [0.15, 0.2) is 10.3 Å². The van der Waals surface area contributed by atoms with Gasteiger partial charge < -0.3 is 5.32 Å².